The van der Waals surface area contributed by atoms with Gasteiger partial charge in [-0.3, -0.25) is 4.79 Å². The first-order chi connectivity index (χ1) is 9.70. The van der Waals surface area contributed by atoms with E-state index in [0.29, 0.717) is 5.76 Å². The number of aromatic hydroxyl groups is 1. The van der Waals surface area contributed by atoms with E-state index in [2.05, 4.69) is 0 Å². The highest BCUT2D eigenvalue weighted by Gasteiger charge is 2.13. The third-order valence-electron chi connectivity index (χ3n) is 3.05. The van der Waals surface area contributed by atoms with E-state index in [9.17, 15) is 9.90 Å². The highest BCUT2D eigenvalue weighted by atomic mass is 16.3. The first kappa shape index (κ1) is 12.0. The van der Waals surface area contributed by atoms with Gasteiger partial charge in [-0.2, -0.15) is 5.26 Å². The fraction of sp³-hybridized carbons (Fsp3) is 0. The van der Waals surface area contributed by atoms with Crippen LogP contribution < -0.4 is 5.43 Å². The van der Waals surface area contributed by atoms with Crippen LogP contribution in [0.3, 0.4) is 0 Å². The highest BCUT2D eigenvalue weighted by Crippen LogP contribution is 2.28. The second-order valence-electron chi connectivity index (χ2n) is 4.29. The summed E-state index contributed by atoms with van der Waals surface area (Å²) in [5.41, 5.74) is 0.566. The van der Waals surface area contributed by atoms with Gasteiger partial charge in [0.25, 0.3) is 0 Å². The zero-order valence-corrected chi connectivity index (χ0v) is 10.3. The van der Waals surface area contributed by atoms with Crippen molar-refractivity contribution in [3.05, 3.63) is 64.3 Å². The Hall–Kier alpha value is -3.06. The maximum atomic E-state index is 12.1. The molecule has 0 spiro atoms. The second-order valence-corrected chi connectivity index (χ2v) is 4.29. The van der Waals surface area contributed by atoms with Crippen molar-refractivity contribution in [1.29, 1.82) is 5.26 Å². The molecule has 0 aliphatic heterocycles. The number of hydrogen-bond acceptors (Lipinski definition) is 4. The lowest BCUT2D eigenvalue weighted by molar-refractivity contribution is 0.472. The maximum Gasteiger partial charge on any atom is 0.193 e. The van der Waals surface area contributed by atoms with Crippen molar-refractivity contribution < 1.29 is 9.52 Å². The number of phenolic OH excluding ortho intramolecular Hbond substituents is 1. The van der Waals surface area contributed by atoms with Crippen LogP contribution in [0.25, 0.3) is 22.3 Å². The number of nitrogens with zero attached hydrogens (tertiary/aromatic N) is 1. The SMILES string of the molecule is N#Cc1c(O)ccc2c(=O)cc(-c3ccccc3)oc12. The summed E-state index contributed by atoms with van der Waals surface area (Å²) in [7, 11) is 0. The van der Waals surface area contributed by atoms with Crippen LogP contribution in [0.15, 0.2) is 57.7 Å². The molecule has 0 saturated carbocycles. The molecule has 0 aliphatic rings. The van der Waals surface area contributed by atoms with Gasteiger partial charge in [0, 0.05) is 11.6 Å². The second kappa shape index (κ2) is 4.56. The molecule has 20 heavy (non-hydrogen) atoms. The molecule has 96 valence electrons. The highest BCUT2D eigenvalue weighted by molar-refractivity contribution is 5.86. The predicted octanol–water partition coefficient (Wildman–Crippen LogP) is 3.04. The summed E-state index contributed by atoms with van der Waals surface area (Å²) < 4.78 is 5.65. The molecule has 4 nitrogen and oxygen atoms in total. The zero-order chi connectivity index (χ0) is 14.1. The summed E-state index contributed by atoms with van der Waals surface area (Å²) >= 11 is 0. The Labute approximate surface area is 114 Å². The summed E-state index contributed by atoms with van der Waals surface area (Å²) in [5, 5.41) is 19.0. The van der Waals surface area contributed by atoms with Crippen LogP contribution >= 0.6 is 0 Å². The molecule has 0 aliphatic carbocycles. The maximum absolute atomic E-state index is 12.1. The van der Waals surface area contributed by atoms with Crippen molar-refractivity contribution >= 4 is 11.0 Å². The van der Waals surface area contributed by atoms with E-state index in [1.54, 1.807) is 12.1 Å². The Bertz CT molecular complexity index is 889. The first-order valence-corrected chi connectivity index (χ1v) is 5.96. The fourth-order valence-corrected chi connectivity index (χ4v) is 2.06. The summed E-state index contributed by atoms with van der Waals surface area (Å²) in [4.78, 5) is 12.1. The number of phenols is 1. The van der Waals surface area contributed by atoms with Crippen LogP contribution in [-0.2, 0) is 0 Å². The van der Waals surface area contributed by atoms with Gasteiger partial charge in [-0.15, -0.1) is 0 Å². The van der Waals surface area contributed by atoms with E-state index in [1.807, 2.05) is 24.3 Å². The van der Waals surface area contributed by atoms with Crippen molar-refractivity contribution in [2.75, 3.05) is 0 Å². The molecule has 0 amide bonds. The Morgan fingerprint density at radius 1 is 1.10 bits per heavy atom. The number of hydrogen-bond donors (Lipinski definition) is 1. The van der Waals surface area contributed by atoms with Crippen LogP contribution in [-0.4, -0.2) is 5.11 Å². The third-order valence-corrected chi connectivity index (χ3v) is 3.05. The molecule has 3 aromatic rings. The van der Waals surface area contributed by atoms with E-state index < -0.39 is 0 Å². The molecule has 4 heteroatoms. The average molecular weight is 263 g/mol. The number of benzene rings is 2. The summed E-state index contributed by atoms with van der Waals surface area (Å²) in [6.45, 7) is 0. The fourth-order valence-electron chi connectivity index (χ4n) is 2.06. The van der Waals surface area contributed by atoms with E-state index >= 15 is 0 Å². The van der Waals surface area contributed by atoms with Crippen molar-refractivity contribution in [3.8, 4) is 23.1 Å². The van der Waals surface area contributed by atoms with Crippen molar-refractivity contribution in [3.63, 3.8) is 0 Å². The number of rotatable bonds is 1. The zero-order valence-electron chi connectivity index (χ0n) is 10.3. The summed E-state index contributed by atoms with van der Waals surface area (Å²) in [5.74, 6) is 0.165. The molecule has 2 aromatic carbocycles. The lowest BCUT2D eigenvalue weighted by Gasteiger charge is -2.05. The molecule has 1 heterocycles. The molecule has 0 fully saturated rings. The van der Waals surface area contributed by atoms with E-state index in [1.165, 1.54) is 18.2 Å². The van der Waals surface area contributed by atoms with E-state index in [4.69, 9.17) is 9.68 Å². The van der Waals surface area contributed by atoms with E-state index in [0.717, 1.165) is 5.56 Å². The molecule has 1 N–H and O–H groups in total. The van der Waals surface area contributed by atoms with Crippen molar-refractivity contribution in [2.24, 2.45) is 0 Å². The normalized spacial score (nSPS) is 10.3. The molecular formula is C16H9NO3. The smallest absolute Gasteiger partial charge is 0.193 e. The Morgan fingerprint density at radius 2 is 1.85 bits per heavy atom. The van der Waals surface area contributed by atoms with Gasteiger partial charge in [0.1, 0.15) is 23.1 Å². The largest absolute Gasteiger partial charge is 0.506 e. The topological polar surface area (TPSA) is 74.2 Å². The molecule has 0 radical (unpaired) electrons. The average Bonchev–Trinajstić information content (AvgIpc) is 2.48. The molecule has 1 aromatic heterocycles. The minimum Gasteiger partial charge on any atom is -0.506 e. The van der Waals surface area contributed by atoms with Crippen molar-refractivity contribution in [1.82, 2.24) is 0 Å². The molecule has 3 rings (SSSR count). The molecule has 0 saturated heterocycles. The molecule has 0 bridgehead atoms. The van der Waals surface area contributed by atoms with Crippen LogP contribution in [0, 0.1) is 11.3 Å². The predicted molar refractivity (Wildman–Crippen MR) is 74.3 cm³/mol. The minimum atomic E-state index is -0.249. The van der Waals surface area contributed by atoms with Gasteiger partial charge >= 0.3 is 0 Å². The molecule has 0 unspecified atom stereocenters. The van der Waals surface area contributed by atoms with Gasteiger partial charge in [0.05, 0.1) is 5.39 Å². The minimum absolute atomic E-state index is 0.0302. The number of fused-ring (bicyclic) bond motifs is 1. The quantitative estimate of drug-likeness (QED) is 0.732. The van der Waals surface area contributed by atoms with Gasteiger partial charge < -0.3 is 9.52 Å². The third kappa shape index (κ3) is 1.82. The standard InChI is InChI=1S/C16H9NO3/c17-9-12-13(18)7-6-11-14(19)8-15(20-16(11)12)10-4-2-1-3-5-10/h1-8,18H. The van der Waals surface area contributed by atoms with E-state index in [-0.39, 0.29) is 27.7 Å². The van der Waals surface area contributed by atoms with Crippen LogP contribution in [0.2, 0.25) is 0 Å². The Balaban J connectivity index is 2.40. The Morgan fingerprint density at radius 3 is 2.55 bits per heavy atom. The molecule has 0 atom stereocenters. The van der Waals surface area contributed by atoms with Gasteiger partial charge in [-0.25, -0.2) is 0 Å². The van der Waals surface area contributed by atoms with Crippen LogP contribution in [0.5, 0.6) is 5.75 Å². The molecular weight excluding hydrogens is 254 g/mol. The monoisotopic (exact) mass is 263 g/mol. The van der Waals surface area contributed by atoms with Gasteiger partial charge in [-0.1, -0.05) is 30.3 Å². The van der Waals surface area contributed by atoms with Gasteiger partial charge in [0.15, 0.2) is 11.0 Å². The van der Waals surface area contributed by atoms with Gasteiger partial charge in [0.2, 0.25) is 0 Å². The van der Waals surface area contributed by atoms with Gasteiger partial charge in [-0.05, 0) is 12.1 Å². The van der Waals surface area contributed by atoms with Crippen molar-refractivity contribution in [2.45, 2.75) is 0 Å². The number of nitriles is 1. The summed E-state index contributed by atoms with van der Waals surface area (Å²) in [6, 6.07) is 15.1. The lowest BCUT2D eigenvalue weighted by Crippen LogP contribution is -2.01. The Kier molecular flexibility index (Phi) is 2.73. The summed E-state index contributed by atoms with van der Waals surface area (Å²) in [6.07, 6.45) is 0. The van der Waals surface area contributed by atoms with Crippen LogP contribution in [0.4, 0.5) is 0 Å². The van der Waals surface area contributed by atoms with Crippen LogP contribution in [0.1, 0.15) is 5.56 Å². The first-order valence-electron chi connectivity index (χ1n) is 5.96. The lowest BCUT2D eigenvalue weighted by atomic mass is 10.1.